The second-order valence-corrected chi connectivity index (χ2v) is 7.15. The van der Waals surface area contributed by atoms with E-state index in [1.54, 1.807) is 12.3 Å². The number of hydrogen-bond donors (Lipinski definition) is 0. The highest BCUT2D eigenvalue weighted by atomic mass is 16.5. The van der Waals surface area contributed by atoms with Crippen molar-refractivity contribution in [2.75, 3.05) is 39.4 Å². The molecule has 138 valence electrons. The molecule has 0 spiro atoms. The first kappa shape index (κ1) is 18.1. The average molecular weight is 347 g/mol. The van der Waals surface area contributed by atoms with Crippen LogP contribution in [0.25, 0.3) is 0 Å². The predicted molar refractivity (Wildman–Crippen MR) is 95.9 cm³/mol. The molecule has 2 atom stereocenters. The summed E-state index contributed by atoms with van der Waals surface area (Å²) in [5.74, 6) is 1.15. The number of aromatic nitrogens is 1. The van der Waals surface area contributed by atoms with E-state index in [1.165, 1.54) is 0 Å². The summed E-state index contributed by atoms with van der Waals surface area (Å²) in [6.07, 6.45) is 2.79. The molecule has 0 N–H and O–H groups in total. The Kier molecular flexibility index (Phi) is 5.91. The van der Waals surface area contributed by atoms with Crippen LogP contribution in [0.1, 0.15) is 37.6 Å². The Morgan fingerprint density at radius 2 is 2.08 bits per heavy atom. The minimum Gasteiger partial charge on any atom is -0.475 e. The Labute approximate surface area is 150 Å². The Morgan fingerprint density at radius 1 is 1.32 bits per heavy atom. The van der Waals surface area contributed by atoms with Crippen molar-refractivity contribution in [2.24, 2.45) is 5.92 Å². The van der Waals surface area contributed by atoms with Gasteiger partial charge in [-0.05, 0) is 25.8 Å². The van der Waals surface area contributed by atoms with E-state index in [1.807, 2.05) is 24.8 Å². The standard InChI is InChI=1S/C19H29N3O3/c1-4-15-12-22(13-17(15)21-7-9-24-10-8-21)19(23)16-5-6-18(20-11-16)25-14(2)3/h5-6,11,14-15,17H,4,7-10,12-13H2,1-3H3. The molecule has 0 aromatic carbocycles. The quantitative estimate of drug-likeness (QED) is 0.816. The van der Waals surface area contributed by atoms with E-state index in [4.69, 9.17) is 9.47 Å². The molecule has 2 fully saturated rings. The van der Waals surface area contributed by atoms with E-state index in [-0.39, 0.29) is 12.0 Å². The van der Waals surface area contributed by atoms with Gasteiger partial charge in [0.1, 0.15) is 0 Å². The largest absolute Gasteiger partial charge is 0.475 e. The van der Waals surface area contributed by atoms with Crippen LogP contribution in [0.5, 0.6) is 5.88 Å². The number of ether oxygens (including phenoxy) is 2. The third-order valence-electron chi connectivity index (χ3n) is 5.07. The fraction of sp³-hybridized carbons (Fsp3) is 0.684. The number of hydrogen-bond acceptors (Lipinski definition) is 5. The minimum absolute atomic E-state index is 0.0674. The molecule has 0 radical (unpaired) electrons. The van der Waals surface area contributed by atoms with Crippen molar-refractivity contribution in [3.63, 3.8) is 0 Å². The van der Waals surface area contributed by atoms with Gasteiger partial charge in [-0.15, -0.1) is 0 Å². The van der Waals surface area contributed by atoms with Crippen LogP contribution in [0.15, 0.2) is 18.3 Å². The van der Waals surface area contributed by atoms with Gasteiger partial charge in [0.05, 0.1) is 24.9 Å². The number of likely N-dealkylation sites (tertiary alicyclic amines) is 1. The topological polar surface area (TPSA) is 54.9 Å². The second kappa shape index (κ2) is 8.15. The number of rotatable bonds is 5. The summed E-state index contributed by atoms with van der Waals surface area (Å²) < 4.78 is 11.0. The van der Waals surface area contributed by atoms with Crippen LogP contribution in [0.3, 0.4) is 0 Å². The summed E-state index contributed by atoms with van der Waals surface area (Å²) in [6, 6.07) is 4.03. The normalized spacial score (nSPS) is 24.7. The fourth-order valence-corrected chi connectivity index (χ4v) is 3.74. The van der Waals surface area contributed by atoms with Crippen molar-refractivity contribution < 1.29 is 14.3 Å². The van der Waals surface area contributed by atoms with Crippen LogP contribution >= 0.6 is 0 Å². The molecule has 0 aliphatic carbocycles. The SMILES string of the molecule is CCC1CN(C(=O)c2ccc(OC(C)C)nc2)CC1N1CCOCC1. The second-order valence-electron chi connectivity index (χ2n) is 7.15. The van der Waals surface area contributed by atoms with E-state index in [0.717, 1.165) is 45.8 Å². The zero-order valence-electron chi connectivity index (χ0n) is 15.5. The lowest BCUT2D eigenvalue weighted by atomic mass is 9.99. The van der Waals surface area contributed by atoms with Gasteiger partial charge < -0.3 is 14.4 Å². The Bertz CT molecular complexity index is 570. The van der Waals surface area contributed by atoms with Gasteiger partial charge in [-0.3, -0.25) is 9.69 Å². The van der Waals surface area contributed by atoms with Gasteiger partial charge >= 0.3 is 0 Å². The van der Waals surface area contributed by atoms with Crippen molar-refractivity contribution in [1.29, 1.82) is 0 Å². The molecule has 0 bridgehead atoms. The third kappa shape index (κ3) is 4.30. The maximum Gasteiger partial charge on any atom is 0.255 e. The monoisotopic (exact) mass is 347 g/mol. The lowest BCUT2D eigenvalue weighted by Crippen LogP contribution is -2.47. The molecule has 0 saturated carbocycles. The highest BCUT2D eigenvalue weighted by Gasteiger charge is 2.38. The Hall–Kier alpha value is -1.66. The molecule has 2 aliphatic rings. The number of pyridine rings is 1. The molecule has 2 aliphatic heterocycles. The minimum atomic E-state index is 0.0674. The lowest BCUT2D eigenvalue weighted by molar-refractivity contribution is 0.0103. The molecule has 1 aromatic heterocycles. The Morgan fingerprint density at radius 3 is 2.68 bits per heavy atom. The molecule has 25 heavy (non-hydrogen) atoms. The van der Waals surface area contributed by atoms with Crippen LogP contribution in [0, 0.1) is 5.92 Å². The zero-order chi connectivity index (χ0) is 17.8. The maximum absolute atomic E-state index is 12.9. The van der Waals surface area contributed by atoms with Gasteiger partial charge in [-0.1, -0.05) is 13.3 Å². The maximum atomic E-state index is 12.9. The van der Waals surface area contributed by atoms with Crippen LogP contribution in [0.4, 0.5) is 0 Å². The van der Waals surface area contributed by atoms with Gasteiger partial charge in [0.25, 0.3) is 5.91 Å². The van der Waals surface area contributed by atoms with Gasteiger partial charge in [0.15, 0.2) is 0 Å². The van der Waals surface area contributed by atoms with Gasteiger partial charge in [-0.25, -0.2) is 4.98 Å². The lowest BCUT2D eigenvalue weighted by Gasteiger charge is -2.34. The van der Waals surface area contributed by atoms with Crippen molar-refractivity contribution in [1.82, 2.24) is 14.8 Å². The number of nitrogens with zero attached hydrogens (tertiary/aromatic N) is 3. The summed E-state index contributed by atoms with van der Waals surface area (Å²) >= 11 is 0. The van der Waals surface area contributed by atoms with Gasteiger partial charge in [-0.2, -0.15) is 0 Å². The highest BCUT2D eigenvalue weighted by Crippen LogP contribution is 2.27. The van der Waals surface area contributed by atoms with E-state index in [9.17, 15) is 4.79 Å². The molecule has 2 unspecified atom stereocenters. The van der Waals surface area contributed by atoms with Crippen LogP contribution in [-0.2, 0) is 4.74 Å². The number of carbonyl (C=O) groups excluding carboxylic acids is 1. The molecule has 6 nitrogen and oxygen atoms in total. The van der Waals surface area contributed by atoms with Crippen molar-refractivity contribution in [3.8, 4) is 5.88 Å². The summed E-state index contributed by atoms with van der Waals surface area (Å²) in [5.41, 5.74) is 0.633. The molecular formula is C19H29N3O3. The number of carbonyl (C=O) groups is 1. The van der Waals surface area contributed by atoms with E-state index < -0.39 is 0 Å². The van der Waals surface area contributed by atoms with Gasteiger partial charge in [0, 0.05) is 44.5 Å². The first-order chi connectivity index (χ1) is 12.1. The van der Waals surface area contributed by atoms with Crippen LogP contribution < -0.4 is 4.74 Å². The van der Waals surface area contributed by atoms with Crippen LogP contribution in [-0.4, -0.2) is 72.2 Å². The first-order valence-corrected chi connectivity index (χ1v) is 9.32. The molecule has 2 saturated heterocycles. The first-order valence-electron chi connectivity index (χ1n) is 9.32. The number of amides is 1. The third-order valence-corrected chi connectivity index (χ3v) is 5.07. The molecule has 1 aromatic rings. The summed E-state index contributed by atoms with van der Waals surface area (Å²) in [6.45, 7) is 11.3. The van der Waals surface area contributed by atoms with Crippen molar-refractivity contribution in [3.05, 3.63) is 23.9 Å². The molecule has 3 heterocycles. The van der Waals surface area contributed by atoms with E-state index in [0.29, 0.717) is 23.4 Å². The zero-order valence-corrected chi connectivity index (χ0v) is 15.5. The molecule has 1 amide bonds. The highest BCUT2D eigenvalue weighted by molar-refractivity contribution is 5.94. The average Bonchev–Trinajstić information content (AvgIpc) is 3.06. The number of morpholine rings is 1. The summed E-state index contributed by atoms with van der Waals surface area (Å²) in [5, 5.41) is 0. The van der Waals surface area contributed by atoms with Crippen molar-refractivity contribution in [2.45, 2.75) is 39.3 Å². The van der Waals surface area contributed by atoms with E-state index >= 15 is 0 Å². The fourth-order valence-electron chi connectivity index (χ4n) is 3.74. The Balaban J connectivity index is 1.65. The molecule has 3 rings (SSSR count). The van der Waals surface area contributed by atoms with E-state index in [2.05, 4.69) is 16.8 Å². The van der Waals surface area contributed by atoms with Crippen LogP contribution in [0.2, 0.25) is 0 Å². The summed E-state index contributed by atoms with van der Waals surface area (Å²) in [7, 11) is 0. The predicted octanol–water partition coefficient (Wildman–Crippen LogP) is 2.05. The van der Waals surface area contributed by atoms with Gasteiger partial charge in [0.2, 0.25) is 5.88 Å². The molecule has 6 heteroatoms. The summed E-state index contributed by atoms with van der Waals surface area (Å²) in [4.78, 5) is 21.6. The van der Waals surface area contributed by atoms with Crippen molar-refractivity contribution >= 4 is 5.91 Å². The smallest absolute Gasteiger partial charge is 0.255 e. The molecular weight excluding hydrogens is 318 g/mol.